The summed E-state index contributed by atoms with van der Waals surface area (Å²) in [5.41, 5.74) is 3.58. The van der Waals surface area contributed by atoms with E-state index in [4.69, 9.17) is 4.74 Å². The largest absolute Gasteiger partial charge is 0.372 e. The summed E-state index contributed by atoms with van der Waals surface area (Å²) in [7, 11) is 0. The smallest absolute Gasteiger partial charge is 0.188 e. The molecule has 2 aromatic rings. The van der Waals surface area contributed by atoms with E-state index in [1.54, 1.807) is 4.68 Å². The minimum atomic E-state index is -0.0522. The minimum absolute atomic E-state index is 0.0522. The fourth-order valence-corrected chi connectivity index (χ4v) is 2.58. The van der Waals surface area contributed by atoms with E-state index in [9.17, 15) is 5.26 Å². The van der Waals surface area contributed by atoms with Gasteiger partial charge in [-0.3, -0.25) is 0 Å². The Morgan fingerprint density at radius 3 is 3.00 bits per heavy atom. The van der Waals surface area contributed by atoms with E-state index >= 15 is 0 Å². The van der Waals surface area contributed by atoms with E-state index in [1.807, 2.05) is 12.1 Å². The lowest BCUT2D eigenvalue weighted by molar-refractivity contribution is 0.104. The molecule has 0 spiro atoms. The van der Waals surface area contributed by atoms with Crippen LogP contribution >= 0.6 is 0 Å². The summed E-state index contributed by atoms with van der Waals surface area (Å²) in [6.07, 6.45) is 1.89. The van der Waals surface area contributed by atoms with Crippen molar-refractivity contribution in [1.29, 1.82) is 5.26 Å². The third-order valence-electron chi connectivity index (χ3n) is 3.70. The van der Waals surface area contributed by atoms with Crippen LogP contribution in [0.1, 0.15) is 41.5 Å². The van der Waals surface area contributed by atoms with Crippen LogP contribution in [0.25, 0.3) is 0 Å². The van der Waals surface area contributed by atoms with Crippen LogP contribution in [-0.2, 0) is 11.3 Å². The van der Waals surface area contributed by atoms with Crippen LogP contribution in [0.5, 0.6) is 0 Å². The van der Waals surface area contributed by atoms with Gasteiger partial charge in [-0.2, -0.15) is 5.26 Å². The van der Waals surface area contributed by atoms with E-state index in [-0.39, 0.29) is 6.10 Å². The molecule has 1 fully saturated rings. The van der Waals surface area contributed by atoms with Gasteiger partial charge in [-0.1, -0.05) is 29.5 Å². The number of benzene rings is 1. The van der Waals surface area contributed by atoms with Crippen LogP contribution in [-0.4, -0.2) is 21.6 Å². The third kappa shape index (κ3) is 2.30. The summed E-state index contributed by atoms with van der Waals surface area (Å²) in [6.45, 7) is 3.44. The van der Waals surface area contributed by atoms with Gasteiger partial charge in [-0.25, -0.2) is 4.68 Å². The molecule has 0 aliphatic carbocycles. The Kier molecular flexibility index (Phi) is 3.48. The number of nitrogens with zero attached hydrogens (tertiary/aromatic N) is 4. The van der Waals surface area contributed by atoms with Gasteiger partial charge in [0.25, 0.3) is 0 Å². The maximum atomic E-state index is 9.19. The second kappa shape index (κ2) is 5.43. The van der Waals surface area contributed by atoms with Gasteiger partial charge in [0.15, 0.2) is 5.69 Å². The molecule has 1 aliphatic heterocycles. The van der Waals surface area contributed by atoms with Gasteiger partial charge in [-0.05, 0) is 30.9 Å². The van der Waals surface area contributed by atoms with Crippen LogP contribution in [0.2, 0.25) is 0 Å². The number of hydrogen-bond acceptors (Lipinski definition) is 4. The fraction of sp³-hybridized carbons (Fsp3) is 0.400. The summed E-state index contributed by atoms with van der Waals surface area (Å²) in [5.74, 6) is 0. The Labute approximate surface area is 117 Å². The van der Waals surface area contributed by atoms with Crippen molar-refractivity contribution in [2.75, 3.05) is 6.61 Å². The number of nitriles is 1. The van der Waals surface area contributed by atoms with Gasteiger partial charge in [0.1, 0.15) is 17.9 Å². The van der Waals surface area contributed by atoms with E-state index in [1.165, 1.54) is 11.1 Å². The van der Waals surface area contributed by atoms with E-state index in [2.05, 4.69) is 35.4 Å². The maximum Gasteiger partial charge on any atom is 0.188 e. The predicted octanol–water partition coefficient (Wildman–Crippen LogP) is 2.36. The SMILES string of the molecule is Cc1ccccc1Cn1nnc(C#N)c1C1CCCO1. The molecule has 0 amide bonds. The summed E-state index contributed by atoms with van der Waals surface area (Å²) in [6, 6.07) is 10.3. The quantitative estimate of drug-likeness (QED) is 0.857. The van der Waals surface area contributed by atoms with Crippen molar-refractivity contribution in [3.8, 4) is 6.07 Å². The molecule has 0 bridgehead atoms. The molecule has 0 saturated carbocycles. The first kappa shape index (κ1) is 12.8. The van der Waals surface area contributed by atoms with Crippen molar-refractivity contribution in [1.82, 2.24) is 15.0 Å². The number of rotatable bonds is 3. The Hall–Kier alpha value is -2.19. The number of hydrogen-bond donors (Lipinski definition) is 0. The van der Waals surface area contributed by atoms with E-state index in [0.29, 0.717) is 12.2 Å². The van der Waals surface area contributed by atoms with Crippen LogP contribution in [0.4, 0.5) is 0 Å². The second-order valence-corrected chi connectivity index (χ2v) is 5.02. The lowest BCUT2D eigenvalue weighted by atomic mass is 10.1. The molecule has 1 aliphatic rings. The van der Waals surface area contributed by atoms with Crippen molar-refractivity contribution in [2.24, 2.45) is 0 Å². The molecule has 1 saturated heterocycles. The Morgan fingerprint density at radius 1 is 1.45 bits per heavy atom. The Morgan fingerprint density at radius 2 is 2.30 bits per heavy atom. The predicted molar refractivity (Wildman–Crippen MR) is 72.9 cm³/mol. The maximum absolute atomic E-state index is 9.19. The highest BCUT2D eigenvalue weighted by molar-refractivity contribution is 5.30. The molecule has 1 aromatic carbocycles. The van der Waals surface area contributed by atoms with Crippen molar-refractivity contribution < 1.29 is 4.74 Å². The Balaban J connectivity index is 1.96. The van der Waals surface area contributed by atoms with Crippen molar-refractivity contribution in [3.05, 3.63) is 46.8 Å². The standard InChI is InChI=1S/C15H16N4O/c1-11-5-2-3-6-12(11)10-19-15(13(9-16)17-18-19)14-7-4-8-20-14/h2-3,5-6,14H,4,7-8,10H2,1H3. The van der Waals surface area contributed by atoms with E-state index in [0.717, 1.165) is 25.1 Å². The molecule has 0 N–H and O–H groups in total. The monoisotopic (exact) mass is 268 g/mol. The molecule has 3 rings (SSSR count). The van der Waals surface area contributed by atoms with Gasteiger partial charge in [0.05, 0.1) is 6.54 Å². The molecule has 1 atom stereocenters. The average Bonchev–Trinajstić information content (AvgIpc) is 3.09. The first-order valence-corrected chi connectivity index (χ1v) is 6.79. The van der Waals surface area contributed by atoms with E-state index < -0.39 is 0 Å². The van der Waals surface area contributed by atoms with Crippen LogP contribution in [0.3, 0.4) is 0 Å². The number of aromatic nitrogens is 3. The summed E-state index contributed by atoms with van der Waals surface area (Å²) < 4.78 is 7.50. The van der Waals surface area contributed by atoms with Crippen LogP contribution < -0.4 is 0 Å². The zero-order valence-corrected chi connectivity index (χ0v) is 11.4. The van der Waals surface area contributed by atoms with Crippen LogP contribution in [0, 0.1) is 18.3 Å². The lowest BCUT2D eigenvalue weighted by Gasteiger charge is -2.13. The van der Waals surface area contributed by atoms with Gasteiger partial charge >= 0.3 is 0 Å². The Bertz CT molecular complexity index is 650. The van der Waals surface area contributed by atoms with Crippen molar-refractivity contribution in [2.45, 2.75) is 32.4 Å². The summed E-state index contributed by atoms with van der Waals surface area (Å²) in [4.78, 5) is 0. The number of aryl methyl sites for hydroxylation is 1. The fourth-order valence-electron chi connectivity index (χ4n) is 2.58. The normalized spacial score (nSPS) is 18.1. The molecule has 1 unspecified atom stereocenters. The molecular weight excluding hydrogens is 252 g/mol. The van der Waals surface area contributed by atoms with Crippen molar-refractivity contribution >= 4 is 0 Å². The molecule has 5 nitrogen and oxygen atoms in total. The molecule has 20 heavy (non-hydrogen) atoms. The van der Waals surface area contributed by atoms with Crippen LogP contribution in [0.15, 0.2) is 24.3 Å². The molecule has 102 valence electrons. The summed E-state index contributed by atoms with van der Waals surface area (Å²) >= 11 is 0. The highest BCUT2D eigenvalue weighted by atomic mass is 16.5. The highest BCUT2D eigenvalue weighted by Gasteiger charge is 2.26. The molecular formula is C15H16N4O. The minimum Gasteiger partial charge on any atom is -0.372 e. The molecule has 5 heteroatoms. The number of ether oxygens (including phenoxy) is 1. The first-order valence-electron chi connectivity index (χ1n) is 6.79. The summed E-state index contributed by atoms with van der Waals surface area (Å²) in [5, 5.41) is 17.3. The lowest BCUT2D eigenvalue weighted by Crippen LogP contribution is -2.11. The molecule has 0 radical (unpaired) electrons. The van der Waals surface area contributed by atoms with Crippen molar-refractivity contribution in [3.63, 3.8) is 0 Å². The third-order valence-corrected chi connectivity index (χ3v) is 3.70. The zero-order chi connectivity index (χ0) is 13.9. The average molecular weight is 268 g/mol. The molecule has 1 aromatic heterocycles. The first-order chi connectivity index (χ1) is 9.79. The van der Waals surface area contributed by atoms with Gasteiger partial charge in [0.2, 0.25) is 0 Å². The van der Waals surface area contributed by atoms with Gasteiger partial charge < -0.3 is 4.74 Å². The zero-order valence-electron chi connectivity index (χ0n) is 11.4. The van der Waals surface area contributed by atoms with Gasteiger partial charge in [0, 0.05) is 6.61 Å². The highest BCUT2D eigenvalue weighted by Crippen LogP contribution is 2.30. The topological polar surface area (TPSA) is 63.7 Å². The second-order valence-electron chi connectivity index (χ2n) is 5.02. The van der Waals surface area contributed by atoms with Gasteiger partial charge in [-0.15, -0.1) is 5.10 Å². The molecule has 2 heterocycles.